The first-order valence-electron chi connectivity index (χ1n) is 9.36. The number of H-pyrrole nitrogens is 1. The molecule has 1 N–H and O–H groups in total. The third kappa shape index (κ3) is 3.41. The van der Waals surface area contributed by atoms with E-state index in [9.17, 15) is 24.8 Å². The highest BCUT2D eigenvalue weighted by Gasteiger charge is 2.41. The van der Waals surface area contributed by atoms with Gasteiger partial charge < -0.3 is 14.8 Å². The number of hydrogen-bond donors (Lipinski definition) is 1. The van der Waals surface area contributed by atoms with Gasteiger partial charge in [0, 0.05) is 35.8 Å². The summed E-state index contributed by atoms with van der Waals surface area (Å²) in [5, 5.41) is 29.0. The second-order valence-corrected chi connectivity index (χ2v) is 6.95. The van der Waals surface area contributed by atoms with Crippen molar-refractivity contribution in [3.63, 3.8) is 0 Å². The van der Waals surface area contributed by atoms with Crippen molar-refractivity contribution in [3.8, 4) is 11.3 Å². The van der Waals surface area contributed by atoms with E-state index in [4.69, 9.17) is 0 Å². The summed E-state index contributed by atoms with van der Waals surface area (Å²) in [6, 6.07) is 14.8. The van der Waals surface area contributed by atoms with Gasteiger partial charge in [-0.3, -0.25) is 20.0 Å². The fourth-order valence-corrected chi connectivity index (χ4v) is 3.76. The average Bonchev–Trinajstić information content (AvgIpc) is 3.28. The Morgan fingerprint density at radius 2 is 1.83 bits per heavy atom. The highest BCUT2D eigenvalue weighted by molar-refractivity contribution is 6.00. The molecule has 0 saturated carbocycles. The summed E-state index contributed by atoms with van der Waals surface area (Å²) in [5.74, 6) is -1.47. The van der Waals surface area contributed by atoms with E-state index in [2.05, 4.69) is 10.2 Å². The molecule has 2 heterocycles. The number of aliphatic carboxylic acids is 1. The van der Waals surface area contributed by atoms with E-state index in [0.717, 1.165) is 5.56 Å². The van der Waals surface area contributed by atoms with Crippen LogP contribution in [0.3, 0.4) is 0 Å². The van der Waals surface area contributed by atoms with E-state index >= 15 is 0 Å². The van der Waals surface area contributed by atoms with Crippen LogP contribution in [0.2, 0.25) is 0 Å². The Kier molecular flexibility index (Phi) is 5.01. The van der Waals surface area contributed by atoms with Crippen LogP contribution < -0.4 is 5.11 Å². The van der Waals surface area contributed by atoms with E-state index in [0.29, 0.717) is 22.5 Å². The van der Waals surface area contributed by atoms with E-state index in [1.54, 1.807) is 17.0 Å². The predicted octanol–water partition coefficient (Wildman–Crippen LogP) is 2.06. The lowest BCUT2D eigenvalue weighted by Crippen LogP contribution is -2.32. The molecule has 1 aromatic heterocycles. The van der Waals surface area contributed by atoms with Crippen molar-refractivity contribution < 1.29 is 19.6 Å². The largest absolute Gasteiger partial charge is 0.550 e. The molecule has 0 aliphatic carbocycles. The summed E-state index contributed by atoms with van der Waals surface area (Å²) in [6.07, 6.45) is 0.0599. The summed E-state index contributed by atoms with van der Waals surface area (Å²) < 4.78 is 0. The second kappa shape index (κ2) is 7.78. The van der Waals surface area contributed by atoms with E-state index in [1.165, 1.54) is 12.1 Å². The lowest BCUT2D eigenvalue weighted by molar-refractivity contribution is -0.384. The minimum Gasteiger partial charge on any atom is -0.550 e. The Bertz CT molecular complexity index is 1110. The monoisotopic (exact) mass is 405 g/mol. The molecule has 0 spiro atoms. The van der Waals surface area contributed by atoms with Gasteiger partial charge in [-0.2, -0.15) is 5.10 Å². The fourth-order valence-electron chi connectivity index (χ4n) is 3.76. The Labute approximate surface area is 171 Å². The van der Waals surface area contributed by atoms with E-state index < -0.39 is 16.9 Å². The number of nitrogens with one attached hydrogen (secondary N) is 1. The minimum atomic E-state index is -1.18. The lowest BCUT2D eigenvalue weighted by atomic mass is 9.96. The molecule has 0 bridgehead atoms. The number of hydrogen-bond acceptors (Lipinski definition) is 6. The molecule has 1 atom stereocenters. The van der Waals surface area contributed by atoms with Crippen LogP contribution in [0, 0.1) is 10.1 Å². The predicted molar refractivity (Wildman–Crippen MR) is 104 cm³/mol. The van der Waals surface area contributed by atoms with Crippen molar-refractivity contribution in [2.75, 3.05) is 6.54 Å². The summed E-state index contributed by atoms with van der Waals surface area (Å²) in [6.45, 7) is 0.200. The molecular formula is C21H17N4O5-. The van der Waals surface area contributed by atoms with Crippen LogP contribution in [-0.2, 0) is 4.79 Å². The third-order valence-electron chi connectivity index (χ3n) is 5.11. The molecule has 0 radical (unpaired) electrons. The summed E-state index contributed by atoms with van der Waals surface area (Å²) in [5.41, 5.74) is 3.08. The van der Waals surface area contributed by atoms with Gasteiger partial charge >= 0.3 is 0 Å². The second-order valence-electron chi connectivity index (χ2n) is 6.95. The first kappa shape index (κ1) is 19.3. The van der Waals surface area contributed by atoms with Crippen molar-refractivity contribution in [3.05, 3.63) is 81.5 Å². The highest BCUT2D eigenvalue weighted by Crippen LogP contribution is 2.43. The maximum atomic E-state index is 13.1. The Hall–Kier alpha value is -4.01. The van der Waals surface area contributed by atoms with Gasteiger partial charge in [-0.05, 0) is 30.5 Å². The molecule has 2 aromatic carbocycles. The SMILES string of the molecule is O=C([O-])CCCN1C(=O)c2[nH]nc(-c3ccccc3)c2[C@@H]1c1ccc([N+](=O)[O-])cc1. The molecule has 0 fully saturated rings. The van der Waals surface area contributed by atoms with Gasteiger partial charge in [-0.15, -0.1) is 0 Å². The number of carbonyl (C=O) groups is 2. The number of carbonyl (C=O) groups excluding carboxylic acids is 2. The number of aromatic nitrogens is 2. The number of non-ortho nitro benzene ring substituents is 1. The van der Waals surface area contributed by atoms with Crippen LogP contribution in [0.15, 0.2) is 54.6 Å². The van der Waals surface area contributed by atoms with Gasteiger partial charge in [0.15, 0.2) is 0 Å². The summed E-state index contributed by atoms with van der Waals surface area (Å²) in [4.78, 5) is 36.0. The molecule has 9 heteroatoms. The molecule has 9 nitrogen and oxygen atoms in total. The Morgan fingerprint density at radius 1 is 1.13 bits per heavy atom. The quantitative estimate of drug-likeness (QED) is 0.473. The number of carboxylic acid groups (broad SMARTS) is 1. The first-order valence-corrected chi connectivity index (χ1v) is 9.36. The smallest absolute Gasteiger partial charge is 0.273 e. The number of nitrogens with zero attached hydrogens (tertiary/aromatic N) is 3. The van der Waals surface area contributed by atoms with Crippen LogP contribution in [0.5, 0.6) is 0 Å². The topological polar surface area (TPSA) is 132 Å². The zero-order valence-corrected chi connectivity index (χ0v) is 15.8. The molecule has 3 aromatic rings. The molecular weight excluding hydrogens is 388 g/mol. The molecule has 1 aliphatic heterocycles. The van der Waals surface area contributed by atoms with E-state index in [1.807, 2.05) is 30.3 Å². The molecule has 152 valence electrons. The third-order valence-corrected chi connectivity index (χ3v) is 5.11. The molecule has 4 rings (SSSR count). The average molecular weight is 405 g/mol. The number of fused-ring (bicyclic) bond motifs is 1. The van der Waals surface area contributed by atoms with Crippen molar-refractivity contribution >= 4 is 17.6 Å². The number of nitro groups is 1. The van der Waals surface area contributed by atoms with Crippen LogP contribution >= 0.6 is 0 Å². The molecule has 0 unspecified atom stereocenters. The van der Waals surface area contributed by atoms with Crippen molar-refractivity contribution in [1.29, 1.82) is 0 Å². The maximum absolute atomic E-state index is 13.1. The van der Waals surface area contributed by atoms with Crippen LogP contribution in [0.25, 0.3) is 11.3 Å². The van der Waals surface area contributed by atoms with Crippen LogP contribution in [0.4, 0.5) is 5.69 Å². The lowest BCUT2D eigenvalue weighted by Gasteiger charge is -2.26. The van der Waals surface area contributed by atoms with Crippen molar-refractivity contribution in [2.24, 2.45) is 0 Å². The van der Waals surface area contributed by atoms with Crippen LogP contribution in [0.1, 0.15) is 40.5 Å². The summed E-state index contributed by atoms with van der Waals surface area (Å²) in [7, 11) is 0. The zero-order valence-electron chi connectivity index (χ0n) is 15.8. The van der Waals surface area contributed by atoms with Crippen molar-refractivity contribution in [2.45, 2.75) is 18.9 Å². The Balaban J connectivity index is 1.78. The van der Waals surface area contributed by atoms with Gasteiger partial charge in [0.05, 0.1) is 16.7 Å². The standard InChI is InChI=1S/C21H18N4O5/c26-16(27)7-4-12-24-20(14-8-10-15(11-9-14)25(29)30)17-18(13-5-2-1-3-6-13)22-23-19(17)21(24)28/h1-3,5-6,8-11,20H,4,7,12H2,(H,22,23)(H,26,27)/p-1/t20-/m0/s1. The van der Waals surface area contributed by atoms with Crippen LogP contribution in [-0.4, -0.2) is 38.4 Å². The number of aromatic amines is 1. The molecule has 0 saturated heterocycles. The van der Waals surface area contributed by atoms with Gasteiger partial charge in [0.2, 0.25) is 0 Å². The fraction of sp³-hybridized carbons (Fsp3) is 0.190. The zero-order chi connectivity index (χ0) is 21.3. The summed E-state index contributed by atoms with van der Waals surface area (Å²) >= 11 is 0. The molecule has 1 aliphatic rings. The molecule has 30 heavy (non-hydrogen) atoms. The number of rotatable bonds is 7. The number of amides is 1. The number of carboxylic acids is 1. The minimum absolute atomic E-state index is 0.0534. The van der Waals surface area contributed by atoms with Gasteiger partial charge in [-0.1, -0.05) is 30.3 Å². The highest BCUT2D eigenvalue weighted by atomic mass is 16.6. The normalized spacial score (nSPS) is 15.3. The van der Waals surface area contributed by atoms with Gasteiger partial charge in [0.25, 0.3) is 11.6 Å². The van der Waals surface area contributed by atoms with Gasteiger partial charge in [0.1, 0.15) is 5.69 Å². The Morgan fingerprint density at radius 3 is 2.47 bits per heavy atom. The maximum Gasteiger partial charge on any atom is 0.273 e. The van der Waals surface area contributed by atoms with E-state index in [-0.39, 0.29) is 31.0 Å². The number of nitro benzene ring substituents is 1. The number of benzene rings is 2. The van der Waals surface area contributed by atoms with Crippen molar-refractivity contribution in [1.82, 2.24) is 15.1 Å². The molecule has 1 amide bonds. The first-order chi connectivity index (χ1) is 14.5. The van der Waals surface area contributed by atoms with Gasteiger partial charge in [-0.25, -0.2) is 0 Å².